The summed E-state index contributed by atoms with van der Waals surface area (Å²) < 4.78 is 24.4. The molecule has 20 heavy (non-hydrogen) atoms. The molecule has 0 bridgehead atoms. The van der Waals surface area contributed by atoms with Crippen LogP contribution in [0.3, 0.4) is 0 Å². The number of hydrogen-bond donors (Lipinski definition) is 2. The first-order chi connectivity index (χ1) is 9.27. The maximum absolute atomic E-state index is 12.2. The summed E-state index contributed by atoms with van der Waals surface area (Å²) in [5.74, 6) is -0.313. The first-order valence-corrected chi connectivity index (χ1v) is 8.88. The van der Waals surface area contributed by atoms with E-state index in [0.29, 0.717) is 11.0 Å². The highest BCUT2D eigenvalue weighted by molar-refractivity contribution is 7.91. The summed E-state index contributed by atoms with van der Waals surface area (Å²) in [6.07, 6.45) is 2.03. The molecule has 0 unspecified atom stereocenters. The third kappa shape index (κ3) is 2.76. The van der Waals surface area contributed by atoms with Gasteiger partial charge in [-0.25, -0.2) is 8.42 Å². The third-order valence-corrected chi connectivity index (χ3v) is 6.16. The van der Waals surface area contributed by atoms with Gasteiger partial charge >= 0.3 is 0 Å². The zero-order valence-corrected chi connectivity index (χ0v) is 13.4. The number of carbonyl (C=O) groups excluding carboxylic acids is 1. The Balaban J connectivity index is 2.54. The first kappa shape index (κ1) is 15.1. The van der Waals surface area contributed by atoms with E-state index >= 15 is 0 Å². The number of carbonyl (C=O) groups is 1. The van der Waals surface area contributed by atoms with E-state index in [-0.39, 0.29) is 27.1 Å². The van der Waals surface area contributed by atoms with E-state index in [4.69, 9.17) is 5.73 Å². The fourth-order valence-corrected chi connectivity index (χ4v) is 4.50. The smallest absolute Gasteiger partial charge is 0.265 e. The van der Waals surface area contributed by atoms with Gasteiger partial charge in [-0.2, -0.15) is 0 Å². The first-order valence-electron chi connectivity index (χ1n) is 6.41. The topological polar surface area (TPSA) is 92.5 Å². The van der Waals surface area contributed by atoms with Crippen molar-refractivity contribution in [2.24, 2.45) is 0 Å². The minimum Gasteiger partial charge on any atom is -0.396 e. The van der Waals surface area contributed by atoms with Crippen molar-refractivity contribution in [1.82, 2.24) is 4.90 Å². The molecule has 1 aliphatic rings. The minimum absolute atomic E-state index is 0.0388. The Bertz CT molecular complexity index is 631. The molecule has 6 nitrogen and oxygen atoms in total. The quantitative estimate of drug-likeness (QED) is 0.856. The Morgan fingerprint density at radius 1 is 1.45 bits per heavy atom. The fourth-order valence-electron chi connectivity index (χ4n) is 1.75. The monoisotopic (exact) mass is 317 g/mol. The van der Waals surface area contributed by atoms with Crippen molar-refractivity contribution < 1.29 is 13.2 Å². The van der Waals surface area contributed by atoms with Crippen LogP contribution in [0.5, 0.6) is 0 Å². The lowest BCUT2D eigenvalue weighted by molar-refractivity contribution is 0.0833. The van der Waals surface area contributed by atoms with Gasteiger partial charge in [0.15, 0.2) is 9.84 Å². The largest absolute Gasteiger partial charge is 0.396 e. The molecule has 1 saturated carbocycles. The maximum atomic E-state index is 12.2. The van der Waals surface area contributed by atoms with Crippen LogP contribution >= 0.6 is 11.3 Å². The standard InChI is InChI=1S/C12H19N3O3S2/c1-4-20(17,18)10-8(13)9(12(16)15(2)3)19-11(10)14-7-5-6-7/h7,14H,4-6,13H2,1-3H3. The van der Waals surface area contributed by atoms with Gasteiger partial charge in [0, 0.05) is 20.1 Å². The molecule has 0 aliphatic heterocycles. The number of sulfone groups is 1. The summed E-state index contributed by atoms with van der Waals surface area (Å²) in [6, 6.07) is 0.293. The molecule has 0 spiro atoms. The Labute approximate surface area is 122 Å². The van der Waals surface area contributed by atoms with Crippen LogP contribution in [0.4, 0.5) is 10.7 Å². The van der Waals surface area contributed by atoms with Crippen LogP contribution in [0.25, 0.3) is 0 Å². The number of nitrogen functional groups attached to an aromatic ring is 1. The van der Waals surface area contributed by atoms with Gasteiger partial charge in [0.2, 0.25) is 0 Å². The predicted octanol–water partition coefficient (Wildman–Crippen LogP) is 1.40. The number of rotatable bonds is 5. The van der Waals surface area contributed by atoms with E-state index < -0.39 is 9.84 Å². The van der Waals surface area contributed by atoms with Crippen LogP contribution in [-0.2, 0) is 9.84 Å². The average molecular weight is 317 g/mol. The van der Waals surface area contributed by atoms with Crippen molar-refractivity contribution in [1.29, 1.82) is 0 Å². The summed E-state index contributed by atoms with van der Waals surface area (Å²) in [4.78, 5) is 13.8. The minimum atomic E-state index is -3.46. The van der Waals surface area contributed by atoms with Crippen LogP contribution in [0.1, 0.15) is 29.4 Å². The number of nitrogens with zero attached hydrogens (tertiary/aromatic N) is 1. The predicted molar refractivity (Wildman–Crippen MR) is 81.1 cm³/mol. The number of thiophene rings is 1. The molecule has 0 aromatic carbocycles. The summed E-state index contributed by atoms with van der Waals surface area (Å²) >= 11 is 1.13. The summed E-state index contributed by atoms with van der Waals surface area (Å²) in [7, 11) is -0.234. The van der Waals surface area contributed by atoms with Gasteiger partial charge in [-0.3, -0.25) is 4.79 Å². The molecule has 0 radical (unpaired) electrons. The lowest BCUT2D eigenvalue weighted by Crippen LogP contribution is -2.21. The van der Waals surface area contributed by atoms with Crippen molar-refractivity contribution in [3.05, 3.63) is 4.88 Å². The molecule has 0 atom stereocenters. The van der Waals surface area contributed by atoms with Gasteiger partial charge in [0.25, 0.3) is 5.91 Å². The number of hydrogen-bond acceptors (Lipinski definition) is 6. The van der Waals surface area contributed by atoms with Gasteiger partial charge in [-0.05, 0) is 12.8 Å². The second-order valence-corrected chi connectivity index (χ2v) is 8.26. The van der Waals surface area contributed by atoms with E-state index in [1.807, 2.05) is 0 Å². The highest BCUT2D eigenvalue weighted by atomic mass is 32.2. The van der Waals surface area contributed by atoms with Crippen LogP contribution in [0.2, 0.25) is 0 Å². The van der Waals surface area contributed by atoms with Gasteiger partial charge in [-0.1, -0.05) is 6.92 Å². The highest BCUT2D eigenvalue weighted by Gasteiger charge is 2.32. The van der Waals surface area contributed by atoms with Crippen molar-refractivity contribution in [3.63, 3.8) is 0 Å². The number of anilines is 2. The van der Waals surface area contributed by atoms with Gasteiger partial charge < -0.3 is 16.0 Å². The van der Waals surface area contributed by atoms with Gasteiger partial charge in [0.1, 0.15) is 14.8 Å². The molecule has 1 heterocycles. The van der Waals surface area contributed by atoms with E-state index in [9.17, 15) is 13.2 Å². The zero-order valence-electron chi connectivity index (χ0n) is 11.8. The molecule has 8 heteroatoms. The Morgan fingerprint density at radius 2 is 2.05 bits per heavy atom. The van der Waals surface area contributed by atoms with Crippen LogP contribution in [0.15, 0.2) is 4.90 Å². The Morgan fingerprint density at radius 3 is 2.50 bits per heavy atom. The second-order valence-electron chi connectivity index (χ2n) is 5.02. The van der Waals surface area contributed by atoms with Crippen molar-refractivity contribution in [2.45, 2.75) is 30.7 Å². The summed E-state index contributed by atoms with van der Waals surface area (Å²) in [6.45, 7) is 1.57. The van der Waals surface area contributed by atoms with Crippen molar-refractivity contribution in [3.8, 4) is 0 Å². The summed E-state index contributed by atoms with van der Waals surface area (Å²) in [5, 5.41) is 3.67. The number of amides is 1. The fraction of sp³-hybridized carbons (Fsp3) is 0.583. The molecule has 1 aliphatic carbocycles. The zero-order chi connectivity index (χ0) is 15.1. The van der Waals surface area contributed by atoms with E-state index in [1.54, 1.807) is 21.0 Å². The van der Waals surface area contributed by atoms with E-state index in [0.717, 1.165) is 24.2 Å². The lowest BCUT2D eigenvalue weighted by Gasteiger charge is -2.09. The third-order valence-electron chi connectivity index (χ3n) is 3.10. The number of nitrogens with two attached hydrogens (primary N) is 1. The van der Waals surface area contributed by atoms with Crippen LogP contribution in [0, 0.1) is 0 Å². The summed E-state index contributed by atoms with van der Waals surface area (Å²) in [5.41, 5.74) is 6.01. The Hall–Kier alpha value is -1.28. The number of nitrogens with one attached hydrogen (secondary N) is 1. The molecule has 2 rings (SSSR count). The molecule has 1 aromatic heterocycles. The molecule has 1 aromatic rings. The van der Waals surface area contributed by atoms with Crippen LogP contribution in [-0.4, -0.2) is 45.1 Å². The average Bonchev–Trinajstić information content (AvgIpc) is 3.11. The second kappa shape index (κ2) is 5.25. The normalized spacial score (nSPS) is 15.2. The van der Waals surface area contributed by atoms with Gasteiger partial charge in [0.05, 0.1) is 11.4 Å². The Kier molecular flexibility index (Phi) is 3.97. The lowest BCUT2D eigenvalue weighted by atomic mass is 10.3. The molecule has 112 valence electrons. The SMILES string of the molecule is CCS(=O)(=O)c1c(NC2CC2)sc(C(=O)N(C)C)c1N. The molecular formula is C12H19N3O3S2. The molecular weight excluding hydrogens is 298 g/mol. The maximum Gasteiger partial charge on any atom is 0.265 e. The molecule has 0 saturated heterocycles. The molecule has 3 N–H and O–H groups in total. The van der Waals surface area contributed by atoms with Crippen molar-refractivity contribution in [2.75, 3.05) is 30.9 Å². The van der Waals surface area contributed by atoms with Gasteiger partial charge in [-0.15, -0.1) is 11.3 Å². The van der Waals surface area contributed by atoms with E-state index in [1.165, 1.54) is 4.90 Å². The molecule has 1 amide bonds. The molecule has 1 fully saturated rings. The highest BCUT2D eigenvalue weighted by Crippen LogP contribution is 2.42. The van der Waals surface area contributed by atoms with E-state index in [2.05, 4.69) is 5.32 Å². The van der Waals surface area contributed by atoms with Crippen molar-refractivity contribution >= 4 is 37.8 Å². The van der Waals surface area contributed by atoms with Crippen LogP contribution < -0.4 is 11.1 Å².